The Morgan fingerprint density at radius 3 is 2.56 bits per heavy atom. The van der Waals surface area contributed by atoms with Crippen molar-refractivity contribution in [2.24, 2.45) is 5.73 Å². The average Bonchev–Trinajstić information content (AvgIpc) is 2.17. The normalized spacial score (nSPS) is 14.6. The lowest BCUT2D eigenvalue weighted by Gasteiger charge is -2.22. The number of aliphatic hydroxyl groups is 1. The number of amides is 1. The van der Waals surface area contributed by atoms with E-state index in [0.29, 0.717) is 0 Å². The lowest BCUT2D eigenvalue weighted by atomic mass is 9.94. The molecule has 1 rings (SSSR count). The quantitative estimate of drug-likeness (QED) is 0.811. The Morgan fingerprint density at radius 2 is 2.06 bits per heavy atom. The number of nitrogens with two attached hydrogens (primary N) is 1. The fourth-order valence-electron chi connectivity index (χ4n) is 1.20. The van der Waals surface area contributed by atoms with Gasteiger partial charge in [-0.1, -0.05) is 18.2 Å². The minimum Gasteiger partial charge on any atom is -0.434 e. The summed E-state index contributed by atoms with van der Waals surface area (Å²) < 4.78 is 28.3. The van der Waals surface area contributed by atoms with Crippen LogP contribution in [0.15, 0.2) is 24.3 Å². The molecule has 0 aromatic heterocycles. The van der Waals surface area contributed by atoms with Crippen LogP contribution in [0.4, 0.5) is 8.78 Å². The van der Waals surface area contributed by atoms with E-state index in [4.69, 9.17) is 5.73 Å². The van der Waals surface area contributed by atoms with Crippen molar-refractivity contribution in [3.05, 3.63) is 29.8 Å². The van der Waals surface area contributed by atoms with E-state index in [1.54, 1.807) is 0 Å². The highest BCUT2D eigenvalue weighted by Gasteiger charge is 2.33. The SMILES string of the molecule is CC(O)(C(N)=O)c1ccccc1OC(F)F. The molecule has 88 valence electrons. The van der Waals surface area contributed by atoms with Crippen LogP contribution in [0, 0.1) is 0 Å². The number of carbonyl (C=O) groups excluding carboxylic acids is 1. The highest BCUT2D eigenvalue weighted by molar-refractivity contribution is 5.85. The van der Waals surface area contributed by atoms with Gasteiger partial charge in [-0.25, -0.2) is 0 Å². The number of hydrogen-bond donors (Lipinski definition) is 2. The molecular formula is C10H11F2NO3. The van der Waals surface area contributed by atoms with Crippen LogP contribution in [-0.2, 0) is 10.4 Å². The van der Waals surface area contributed by atoms with Gasteiger partial charge >= 0.3 is 6.61 Å². The summed E-state index contributed by atoms with van der Waals surface area (Å²) in [5.41, 5.74) is 2.83. The number of carbonyl (C=O) groups is 1. The summed E-state index contributed by atoms with van der Waals surface area (Å²) in [7, 11) is 0. The van der Waals surface area contributed by atoms with Crippen LogP contribution >= 0.6 is 0 Å². The standard InChI is InChI=1S/C10H11F2NO3/c1-10(15,8(13)14)6-4-2-3-5-7(6)16-9(11)12/h2-5,9,15H,1H3,(H2,13,14). The van der Waals surface area contributed by atoms with Crippen molar-refractivity contribution in [3.8, 4) is 5.75 Å². The van der Waals surface area contributed by atoms with Crippen LogP contribution in [0.2, 0.25) is 0 Å². The molecule has 0 fully saturated rings. The summed E-state index contributed by atoms with van der Waals surface area (Å²) >= 11 is 0. The van der Waals surface area contributed by atoms with Gasteiger partial charge in [-0.05, 0) is 13.0 Å². The number of rotatable bonds is 4. The maximum Gasteiger partial charge on any atom is 0.387 e. The third-order valence-corrected chi connectivity index (χ3v) is 2.11. The number of ether oxygens (including phenoxy) is 1. The number of para-hydroxylation sites is 1. The molecule has 0 bridgehead atoms. The fourth-order valence-corrected chi connectivity index (χ4v) is 1.20. The number of alkyl halides is 2. The summed E-state index contributed by atoms with van der Waals surface area (Å²) in [6, 6.07) is 5.44. The molecule has 1 unspecified atom stereocenters. The first kappa shape index (κ1) is 12.4. The Kier molecular flexibility index (Phi) is 3.44. The molecule has 6 heteroatoms. The summed E-state index contributed by atoms with van der Waals surface area (Å²) in [4.78, 5) is 11.0. The van der Waals surface area contributed by atoms with Gasteiger partial charge in [-0.2, -0.15) is 8.78 Å². The van der Waals surface area contributed by atoms with E-state index in [1.165, 1.54) is 24.3 Å². The van der Waals surface area contributed by atoms with Crippen LogP contribution < -0.4 is 10.5 Å². The van der Waals surface area contributed by atoms with E-state index < -0.39 is 18.1 Å². The molecule has 0 aliphatic carbocycles. The molecule has 1 aromatic carbocycles. The molecule has 4 nitrogen and oxygen atoms in total. The first-order valence-corrected chi connectivity index (χ1v) is 4.42. The molecule has 3 N–H and O–H groups in total. The fraction of sp³-hybridized carbons (Fsp3) is 0.300. The summed E-state index contributed by atoms with van der Waals surface area (Å²) in [6.45, 7) is -1.92. The van der Waals surface area contributed by atoms with Crippen molar-refractivity contribution in [1.29, 1.82) is 0 Å². The Morgan fingerprint density at radius 1 is 1.50 bits per heavy atom. The predicted molar refractivity (Wildman–Crippen MR) is 51.8 cm³/mol. The molecule has 1 atom stereocenters. The van der Waals surface area contributed by atoms with Crippen molar-refractivity contribution in [2.45, 2.75) is 19.1 Å². The second-order valence-electron chi connectivity index (χ2n) is 3.31. The zero-order valence-corrected chi connectivity index (χ0v) is 8.48. The van der Waals surface area contributed by atoms with Crippen molar-refractivity contribution >= 4 is 5.91 Å². The molecule has 1 amide bonds. The lowest BCUT2D eigenvalue weighted by molar-refractivity contribution is -0.136. The lowest BCUT2D eigenvalue weighted by Crippen LogP contribution is -2.38. The number of halogens is 2. The van der Waals surface area contributed by atoms with E-state index >= 15 is 0 Å². The number of benzene rings is 1. The van der Waals surface area contributed by atoms with Gasteiger partial charge in [-0.3, -0.25) is 4.79 Å². The van der Waals surface area contributed by atoms with Gasteiger partial charge in [0, 0.05) is 5.56 Å². The highest BCUT2D eigenvalue weighted by Crippen LogP contribution is 2.30. The zero-order chi connectivity index (χ0) is 12.3. The Balaban J connectivity index is 3.17. The summed E-state index contributed by atoms with van der Waals surface area (Å²) in [5, 5.41) is 9.76. The van der Waals surface area contributed by atoms with Gasteiger partial charge < -0.3 is 15.6 Å². The minimum atomic E-state index is -3.04. The Labute approximate surface area is 90.6 Å². The molecule has 0 saturated carbocycles. The predicted octanol–water partition coefficient (Wildman–Crippen LogP) is 0.981. The summed E-state index contributed by atoms with van der Waals surface area (Å²) in [6.07, 6.45) is 0. The van der Waals surface area contributed by atoms with Crippen LogP contribution in [-0.4, -0.2) is 17.6 Å². The topological polar surface area (TPSA) is 72.5 Å². The van der Waals surface area contributed by atoms with E-state index in [9.17, 15) is 18.7 Å². The Hall–Kier alpha value is -1.69. The van der Waals surface area contributed by atoms with Gasteiger partial charge in [0.15, 0.2) is 5.60 Å². The highest BCUT2D eigenvalue weighted by atomic mass is 19.3. The minimum absolute atomic E-state index is 0.0946. The largest absolute Gasteiger partial charge is 0.434 e. The molecule has 0 radical (unpaired) electrons. The molecular weight excluding hydrogens is 220 g/mol. The molecule has 1 aromatic rings. The molecule has 0 spiro atoms. The van der Waals surface area contributed by atoms with Crippen LogP contribution in [0.25, 0.3) is 0 Å². The van der Waals surface area contributed by atoms with E-state index in [1.807, 2.05) is 0 Å². The third-order valence-electron chi connectivity index (χ3n) is 2.11. The van der Waals surface area contributed by atoms with Crippen molar-refractivity contribution in [1.82, 2.24) is 0 Å². The van der Waals surface area contributed by atoms with E-state index in [0.717, 1.165) is 6.92 Å². The summed E-state index contributed by atoms with van der Waals surface area (Å²) in [5.74, 6) is -1.32. The maximum absolute atomic E-state index is 12.1. The van der Waals surface area contributed by atoms with Gasteiger partial charge in [-0.15, -0.1) is 0 Å². The first-order valence-electron chi connectivity index (χ1n) is 4.42. The van der Waals surface area contributed by atoms with Crippen molar-refractivity contribution < 1.29 is 23.4 Å². The average molecular weight is 231 g/mol. The second kappa shape index (κ2) is 4.44. The molecule has 0 aliphatic rings. The smallest absolute Gasteiger partial charge is 0.387 e. The van der Waals surface area contributed by atoms with Gasteiger partial charge in [0.2, 0.25) is 0 Å². The molecule has 0 heterocycles. The Bertz CT molecular complexity index is 393. The molecule has 16 heavy (non-hydrogen) atoms. The van der Waals surface area contributed by atoms with Gasteiger partial charge in [0.1, 0.15) is 5.75 Å². The zero-order valence-electron chi connectivity index (χ0n) is 8.48. The second-order valence-corrected chi connectivity index (χ2v) is 3.31. The third kappa shape index (κ3) is 2.46. The van der Waals surface area contributed by atoms with Crippen LogP contribution in [0.5, 0.6) is 5.75 Å². The van der Waals surface area contributed by atoms with Gasteiger partial charge in [0.05, 0.1) is 0 Å². The monoisotopic (exact) mass is 231 g/mol. The van der Waals surface area contributed by atoms with Crippen LogP contribution in [0.1, 0.15) is 12.5 Å². The number of primary amides is 1. The molecule has 0 saturated heterocycles. The van der Waals surface area contributed by atoms with Crippen molar-refractivity contribution in [2.75, 3.05) is 0 Å². The van der Waals surface area contributed by atoms with E-state index in [2.05, 4.69) is 4.74 Å². The maximum atomic E-state index is 12.1. The number of hydrogen-bond acceptors (Lipinski definition) is 3. The van der Waals surface area contributed by atoms with Crippen LogP contribution in [0.3, 0.4) is 0 Å². The van der Waals surface area contributed by atoms with E-state index in [-0.39, 0.29) is 11.3 Å². The first-order chi connectivity index (χ1) is 7.35. The van der Waals surface area contributed by atoms with Gasteiger partial charge in [0.25, 0.3) is 5.91 Å². The molecule has 0 aliphatic heterocycles. The van der Waals surface area contributed by atoms with Crippen molar-refractivity contribution in [3.63, 3.8) is 0 Å².